The predicted molar refractivity (Wildman–Crippen MR) is 98.2 cm³/mol. The summed E-state index contributed by atoms with van der Waals surface area (Å²) in [5, 5.41) is 2.86. The highest BCUT2D eigenvalue weighted by atomic mass is 19.1. The summed E-state index contributed by atoms with van der Waals surface area (Å²) in [7, 11) is 3.16. The number of benzene rings is 2. The Morgan fingerprint density at radius 2 is 2.04 bits per heavy atom. The second-order valence-electron chi connectivity index (χ2n) is 6.24. The number of halogens is 1. The highest BCUT2D eigenvalue weighted by Gasteiger charge is 2.32. The van der Waals surface area contributed by atoms with Crippen molar-refractivity contribution in [2.75, 3.05) is 19.5 Å². The first-order valence-corrected chi connectivity index (χ1v) is 8.45. The minimum Gasteiger partial charge on any atom is -0.497 e. The van der Waals surface area contributed by atoms with Crippen LogP contribution >= 0.6 is 0 Å². The number of aromatic nitrogens is 2. The number of nitrogens with one attached hydrogen (secondary N) is 1. The average Bonchev–Trinajstić information content (AvgIpc) is 3.10. The van der Waals surface area contributed by atoms with Gasteiger partial charge in [0.2, 0.25) is 5.91 Å². The quantitative estimate of drug-likeness (QED) is 0.766. The van der Waals surface area contributed by atoms with Crippen molar-refractivity contribution in [1.29, 1.82) is 0 Å². The molecule has 6 nitrogen and oxygen atoms in total. The van der Waals surface area contributed by atoms with E-state index in [1.54, 1.807) is 43.3 Å². The molecule has 2 aromatic carbocycles. The first-order chi connectivity index (χ1) is 13.1. The van der Waals surface area contributed by atoms with Gasteiger partial charge in [0.25, 0.3) is 0 Å². The van der Waals surface area contributed by atoms with Crippen LogP contribution in [0.3, 0.4) is 0 Å². The number of hydrogen-bond acceptors (Lipinski definition) is 4. The van der Waals surface area contributed by atoms with Crippen molar-refractivity contribution in [2.45, 2.75) is 12.3 Å². The van der Waals surface area contributed by atoms with Gasteiger partial charge >= 0.3 is 0 Å². The van der Waals surface area contributed by atoms with Crippen LogP contribution in [0.25, 0.3) is 5.69 Å². The van der Waals surface area contributed by atoms with Gasteiger partial charge in [-0.3, -0.25) is 9.36 Å². The molecule has 1 aliphatic heterocycles. The summed E-state index contributed by atoms with van der Waals surface area (Å²) in [4.78, 5) is 16.9. The summed E-state index contributed by atoms with van der Waals surface area (Å²) in [5.74, 6) is 1.07. The van der Waals surface area contributed by atoms with Crippen molar-refractivity contribution in [1.82, 2.24) is 9.55 Å². The Labute approximate surface area is 155 Å². The van der Waals surface area contributed by atoms with Gasteiger partial charge in [0, 0.05) is 24.0 Å². The molecule has 27 heavy (non-hydrogen) atoms. The summed E-state index contributed by atoms with van der Waals surface area (Å²) >= 11 is 0. The lowest BCUT2D eigenvalue weighted by atomic mass is 9.89. The van der Waals surface area contributed by atoms with E-state index in [-0.39, 0.29) is 24.1 Å². The molecule has 7 heteroatoms. The first kappa shape index (κ1) is 17.1. The van der Waals surface area contributed by atoms with E-state index in [1.165, 1.54) is 12.1 Å². The normalized spacial score (nSPS) is 15.8. The van der Waals surface area contributed by atoms with Gasteiger partial charge in [-0.2, -0.15) is 0 Å². The Hall–Kier alpha value is -3.35. The fourth-order valence-corrected chi connectivity index (χ4v) is 3.39. The highest BCUT2D eigenvalue weighted by molar-refractivity contribution is 5.94. The van der Waals surface area contributed by atoms with Gasteiger partial charge in [-0.05, 0) is 24.3 Å². The molecular formula is C20H18FN3O3. The molecule has 1 amide bonds. The molecule has 4 rings (SSSR count). The van der Waals surface area contributed by atoms with E-state index in [0.29, 0.717) is 28.7 Å². The lowest BCUT2D eigenvalue weighted by molar-refractivity contribution is -0.116. The van der Waals surface area contributed by atoms with Crippen LogP contribution in [0, 0.1) is 5.82 Å². The third-order valence-corrected chi connectivity index (χ3v) is 4.68. The zero-order valence-corrected chi connectivity index (χ0v) is 14.9. The van der Waals surface area contributed by atoms with Gasteiger partial charge < -0.3 is 14.8 Å². The maximum absolute atomic E-state index is 13.6. The second kappa shape index (κ2) is 6.75. The van der Waals surface area contributed by atoms with Crippen LogP contribution in [0.15, 0.2) is 48.8 Å². The zero-order valence-electron chi connectivity index (χ0n) is 14.9. The van der Waals surface area contributed by atoms with Crippen molar-refractivity contribution in [3.8, 4) is 17.2 Å². The molecule has 1 aromatic heterocycles. The van der Waals surface area contributed by atoms with E-state index in [2.05, 4.69) is 10.3 Å². The Bertz CT molecular complexity index is 1020. The van der Waals surface area contributed by atoms with Gasteiger partial charge in [-0.25, -0.2) is 9.37 Å². The number of rotatable bonds is 4. The largest absolute Gasteiger partial charge is 0.497 e. The summed E-state index contributed by atoms with van der Waals surface area (Å²) in [6, 6.07) is 11.6. The molecule has 0 radical (unpaired) electrons. The molecule has 1 N–H and O–H groups in total. The van der Waals surface area contributed by atoms with Crippen LogP contribution in [0.5, 0.6) is 11.5 Å². The Balaban J connectivity index is 1.82. The van der Waals surface area contributed by atoms with Crippen LogP contribution in [-0.2, 0) is 4.79 Å². The van der Waals surface area contributed by atoms with Gasteiger partial charge in [0.15, 0.2) is 0 Å². The number of carbonyl (C=O) groups is 1. The average molecular weight is 367 g/mol. The Morgan fingerprint density at radius 1 is 1.19 bits per heavy atom. The molecule has 1 aliphatic rings. The SMILES string of the molecule is COc1ccc(C2CC(=O)Nc3c2ncn3-c2cccc(F)c2)c(OC)c1. The fourth-order valence-electron chi connectivity index (χ4n) is 3.39. The molecule has 138 valence electrons. The van der Waals surface area contributed by atoms with E-state index >= 15 is 0 Å². The lowest BCUT2D eigenvalue weighted by Gasteiger charge is -2.25. The monoisotopic (exact) mass is 367 g/mol. The second-order valence-corrected chi connectivity index (χ2v) is 6.24. The minimum atomic E-state index is -0.356. The maximum atomic E-state index is 13.6. The van der Waals surface area contributed by atoms with Crippen molar-refractivity contribution in [3.63, 3.8) is 0 Å². The van der Waals surface area contributed by atoms with Gasteiger partial charge in [-0.15, -0.1) is 0 Å². The topological polar surface area (TPSA) is 65.4 Å². The smallest absolute Gasteiger partial charge is 0.226 e. The molecule has 0 spiro atoms. The standard InChI is InChI=1S/C20H18FN3O3/c1-26-14-6-7-15(17(9-14)27-2)16-10-18(25)23-20-19(16)22-11-24(20)13-5-3-4-12(21)8-13/h3-9,11,16H,10H2,1-2H3,(H,23,25). The molecular weight excluding hydrogens is 349 g/mol. The van der Waals surface area contributed by atoms with Crippen LogP contribution in [0.2, 0.25) is 0 Å². The van der Waals surface area contributed by atoms with E-state index < -0.39 is 0 Å². The fraction of sp³-hybridized carbons (Fsp3) is 0.200. The Kier molecular flexibility index (Phi) is 4.27. The van der Waals surface area contributed by atoms with Crippen LogP contribution in [0.1, 0.15) is 23.6 Å². The molecule has 0 saturated heterocycles. The number of amides is 1. The lowest BCUT2D eigenvalue weighted by Crippen LogP contribution is -2.25. The van der Waals surface area contributed by atoms with Crippen LogP contribution in [0.4, 0.5) is 10.2 Å². The number of methoxy groups -OCH3 is 2. The number of carbonyl (C=O) groups excluding carboxylic acids is 1. The molecule has 1 unspecified atom stereocenters. The van der Waals surface area contributed by atoms with E-state index in [1.807, 2.05) is 12.1 Å². The van der Waals surface area contributed by atoms with Crippen LogP contribution in [-0.4, -0.2) is 29.7 Å². The predicted octanol–water partition coefficient (Wildman–Crippen LogP) is 3.50. The van der Waals surface area contributed by atoms with E-state index in [9.17, 15) is 9.18 Å². The first-order valence-electron chi connectivity index (χ1n) is 8.45. The van der Waals surface area contributed by atoms with Crippen molar-refractivity contribution >= 4 is 11.7 Å². The molecule has 3 aromatic rings. The molecule has 0 saturated carbocycles. The number of nitrogens with zero attached hydrogens (tertiary/aromatic N) is 2. The summed E-state index contributed by atoms with van der Waals surface area (Å²) < 4.78 is 26.1. The molecule has 0 bridgehead atoms. The number of ether oxygens (including phenoxy) is 2. The van der Waals surface area contributed by atoms with Gasteiger partial charge in [0.05, 0.1) is 25.6 Å². The third-order valence-electron chi connectivity index (χ3n) is 4.68. The molecule has 0 aliphatic carbocycles. The molecule has 0 fully saturated rings. The number of hydrogen-bond donors (Lipinski definition) is 1. The summed E-state index contributed by atoms with van der Waals surface area (Å²) in [5.41, 5.74) is 2.15. The molecule has 1 atom stereocenters. The number of anilines is 1. The van der Waals surface area contributed by atoms with Crippen molar-refractivity contribution < 1.29 is 18.7 Å². The zero-order chi connectivity index (χ0) is 19.0. The number of fused-ring (bicyclic) bond motifs is 1. The molecule has 2 heterocycles. The summed E-state index contributed by atoms with van der Waals surface area (Å²) in [6.45, 7) is 0. The van der Waals surface area contributed by atoms with Crippen molar-refractivity contribution in [3.05, 3.63) is 65.9 Å². The number of imidazole rings is 1. The van der Waals surface area contributed by atoms with Gasteiger partial charge in [-0.1, -0.05) is 12.1 Å². The highest BCUT2D eigenvalue weighted by Crippen LogP contribution is 2.41. The van der Waals surface area contributed by atoms with E-state index in [4.69, 9.17) is 9.47 Å². The minimum absolute atomic E-state index is 0.136. The van der Waals surface area contributed by atoms with Crippen LogP contribution < -0.4 is 14.8 Å². The van der Waals surface area contributed by atoms with Gasteiger partial charge in [0.1, 0.15) is 29.5 Å². The summed E-state index contributed by atoms with van der Waals surface area (Å²) in [6.07, 6.45) is 1.84. The maximum Gasteiger partial charge on any atom is 0.226 e. The third kappa shape index (κ3) is 3.01. The Morgan fingerprint density at radius 3 is 2.78 bits per heavy atom. The van der Waals surface area contributed by atoms with E-state index in [0.717, 1.165) is 5.56 Å². The van der Waals surface area contributed by atoms with Crippen molar-refractivity contribution in [2.24, 2.45) is 0 Å².